The minimum absolute atomic E-state index is 0.174. The zero-order chi connectivity index (χ0) is 10.7. The number of ether oxygens (including phenoxy) is 1. The highest BCUT2D eigenvalue weighted by molar-refractivity contribution is 9.10. The molecule has 1 atom stereocenters. The first kappa shape index (κ1) is 11.3. The van der Waals surface area contributed by atoms with Gasteiger partial charge in [0.05, 0.1) is 7.11 Å². The quantitative estimate of drug-likeness (QED) is 0.839. The molecule has 1 aromatic heterocycles. The molecule has 78 valence electrons. The molecule has 0 aromatic carbocycles. The number of hydrogen-bond acceptors (Lipinski definition) is 4. The van der Waals surface area contributed by atoms with Crippen LogP contribution in [0.5, 0.6) is 0 Å². The van der Waals surface area contributed by atoms with Gasteiger partial charge in [0.15, 0.2) is 4.67 Å². The predicted molar refractivity (Wildman–Crippen MR) is 55.0 cm³/mol. The van der Waals surface area contributed by atoms with Crippen molar-refractivity contribution >= 4 is 21.9 Å². The van der Waals surface area contributed by atoms with E-state index in [2.05, 4.69) is 20.7 Å². The van der Waals surface area contributed by atoms with Gasteiger partial charge in [-0.1, -0.05) is 0 Å². The Bertz CT molecular complexity index is 335. The van der Waals surface area contributed by atoms with Crippen LogP contribution in [-0.2, 0) is 9.53 Å². The summed E-state index contributed by atoms with van der Waals surface area (Å²) in [5.41, 5.74) is 6.37. The number of rotatable bonds is 3. The number of halogens is 1. The summed E-state index contributed by atoms with van der Waals surface area (Å²) in [5.74, 6) is -0.338. The van der Waals surface area contributed by atoms with Crippen LogP contribution in [0, 0.1) is 6.92 Å². The van der Waals surface area contributed by atoms with Crippen molar-refractivity contribution in [2.75, 3.05) is 13.7 Å². The van der Waals surface area contributed by atoms with Crippen molar-refractivity contribution in [2.24, 2.45) is 5.73 Å². The van der Waals surface area contributed by atoms with Crippen LogP contribution < -0.4 is 5.73 Å². The highest BCUT2D eigenvalue weighted by Crippen LogP contribution is 2.26. The smallest absolute Gasteiger partial charge is 0.317 e. The molecule has 1 heterocycles. The Labute approximate surface area is 90.5 Å². The van der Waals surface area contributed by atoms with Gasteiger partial charge in [0.25, 0.3) is 0 Å². The molecular formula is C9H12BrNO3. The lowest BCUT2D eigenvalue weighted by Crippen LogP contribution is -2.22. The van der Waals surface area contributed by atoms with E-state index in [0.717, 1.165) is 5.56 Å². The zero-order valence-corrected chi connectivity index (χ0v) is 9.63. The Morgan fingerprint density at radius 2 is 2.43 bits per heavy atom. The molecule has 0 bridgehead atoms. The summed E-state index contributed by atoms with van der Waals surface area (Å²) < 4.78 is 10.5. The van der Waals surface area contributed by atoms with Crippen LogP contribution in [0.4, 0.5) is 0 Å². The standard InChI is InChI=1S/C9H12BrNO3/c1-5-3-7(10)14-8(5)6(4-11)9(12)13-2/h3,6H,4,11H2,1-2H3. The van der Waals surface area contributed by atoms with E-state index in [1.165, 1.54) is 7.11 Å². The monoisotopic (exact) mass is 261 g/mol. The fourth-order valence-electron chi connectivity index (χ4n) is 1.25. The molecule has 0 aliphatic carbocycles. The van der Waals surface area contributed by atoms with Crippen LogP contribution in [0.1, 0.15) is 17.2 Å². The minimum atomic E-state index is -0.522. The number of methoxy groups -OCH3 is 1. The number of nitrogens with two attached hydrogens (primary N) is 1. The van der Waals surface area contributed by atoms with Crippen molar-refractivity contribution in [3.63, 3.8) is 0 Å². The number of carbonyl (C=O) groups excluding carboxylic acids is 1. The third-order valence-corrected chi connectivity index (χ3v) is 2.35. The number of furan rings is 1. The fraction of sp³-hybridized carbons (Fsp3) is 0.444. The fourth-order valence-corrected chi connectivity index (χ4v) is 1.77. The van der Waals surface area contributed by atoms with E-state index in [1.54, 1.807) is 6.07 Å². The summed E-state index contributed by atoms with van der Waals surface area (Å²) in [7, 11) is 1.33. The van der Waals surface area contributed by atoms with E-state index >= 15 is 0 Å². The summed E-state index contributed by atoms with van der Waals surface area (Å²) in [6.45, 7) is 2.03. The van der Waals surface area contributed by atoms with E-state index in [9.17, 15) is 4.79 Å². The van der Waals surface area contributed by atoms with E-state index < -0.39 is 5.92 Å². The van der Waals surface area contributed by atoms with Gasteiger partial charge in [-0.25, -0.2) is 0 Å². The van der Waals surface area contributed by atoms with Crippen molar-refractivity contribution in [2.45, 2.75) is 12.8 Å². The second kappa shape index (κ2) is 4.61. The highest BCUT2D eigenvalue weighted by Gasteiger charge is 2.25. The van der Waals surface area contributed by atoms with Crippen LogP contribution in [0.15, 0.2) is 15.2 Å². The van der Waals surface area contributed by atoms with Crippen LogP contribution in [0.25, 0.3) is 0 Å². The van der Waals surface area contributed by atoms with Gasteiger partial charge in [-0.05, 0) is 34.5 Å². The molecule has 1 aromatic rings. The lowest BCUT2D eigenvalue weighted by atomic mass is 10.0. The van der Waals surface area contributed by atoms with Gasteiger partial charge >= 0.3 is 5.97 Å². The lowest BCUT2D eigenvalue weighted by Gasteiger charge is -2.09. The van der Waals surface area contributed by atoms with Gasteiger partial charge in [0.2, 0.25) is 0 Å². The van der Waals surface area contributed by atoms with Gasteiger partial charge < -0.3 is 14.9 Å². The molecule has 0 aliphatic heterocycles. The molecule has 0 aliphatic rings. The van der Waals surface area contributed by atoms with Gasteiger partial charge in [-0.15, -0.1) is 0 Å². The van der Waals surface area contributed by atoms with Gasteiger partial charge in [0.1, 0.15) is 11.7 Å². The Kier molecular flexibility index (Phi) is 3.71. The van der Waals surface area contributed by atoms with E-state index in [0.29, 0.717) is 10.4 Å². The number of aryl methyl sites for hydroxylation is 1. The number of carbonyl (C=O) groups is 1. The summed E-state index contributed by atoms with van der Waals surface area (Å²) in [4.78, 5) is 11.3. The van der Waals surface area contributed by atoms with Crippen molar-refractivity contribution in [1.82, 2.24) is 0 Å². The molecule has 0 radical (unpaired) electrons. The Morgan fingerprint density at radius 1 is 1.79 bits per heavy atom. The normalized spacial score (nSPS) is 12.6. The van der Waals surface area contributed by atoms with Crippen LogP contribution in [-0.4, -0.2) is 19.6 Å². The molecule has 4 nitrogen and oxygen atoms in total. The first-order valence-electron chi connectivity index (χ1n) is 4.13. The van der Waals surface area contributed by atoms with Crippen molar-refractivity contribution in [3.05, 3.63) is 22.1 Å². The predicted octanol–water partition coefficient (Wildman–Crippen LogP) is 1.57. The molecule has 2 N–H and O–H groups in total. The third kappa shape index (κ3) is 2.16. The van der Waals surface area contributed by atoms with E-state index in [-0.39, 0.29) is 12.5 Å². The molecule has 0 fully saturated rings. The lowest BCUT2D eigenvalue weighted by molar-refractivity contribution is -0.142. The summed E-state index contributed by atoms with van der Waals surface area (Å²) in [6, 6.07) is 1.79. The third-order valence-electron chi connectivity index (χ3n) is 1.96. The van der Waals surface area contributed by atoms with Gasteiger partial charge in [-0.2, -0.15) is 0 Å². The Morgan fingerprint density at radius 3 is 2.79 bits per heavy atom. The van der Waals surface area contributed by atoms with Crippen molar-refractivity contribution in [3.8, 4) is 0 Å². The van der Waals surface area contributed by atoms with Gasteiger partial charge in [0, 0.05) is 6.54 Å². The number of esters is 1. The van der Waals surface area contributed by atoms with E-state index in [4.69, 9.17) is 10.2 Å². The van der Waals surface area contributed by atoms with Crippen LogP contribution >= 0.6 is 15.9 Å². The molecule has 0 saturated carbocycles. The molecule has 14 heavy (non-hydrogen) atoms. The summed E-state index contributed by atoms with van der Waals surface area (Å²) in [5, 5.41) is 0. The average molecular weight is 262 g/mol. The topological polar surface area (TPSA) is 65.5 Å². The largest absolute Gasteiger partial charge is 0.468 e. The minimum Gasteiger partial charge on any atom is -0.468 e. The molecular weight excluding hydrogens is 250 g/mol. The second-order valence-corrected chi connectivity index (χ2v) is 3.69. The molecule has 0 spiro atoms. The highest BCUT2D eigenvalue weighted by atomic mass is 79.9. The SMILES string of the molecule is COC(=O)C(CN)c1oc(Br)cc1C. The maximum atomic E-state index is 11.3. The average Bonchev–Trinajstić information content (AvgIpc) is 2.47. The molecule has 0 saturated heterocycles. The summed E-state index contributed by atoms with van der Waals surface area (Å²) >= 11 is 3.19. The second-order valence-electron chi connectivity index (χ2n) is 2.91. The Hall–Kier alpha value is -0.810. The summed E-state index contributed by atoms with van der Waals surface area (Å²) in [6.07, 6.45) is 0. The van der Waals surface area contributed by atoms with E-state index in [1.807, 2.05) is 6.92 Å². The van der Waals surface area contributed by atoms with Gasteiger partial charge in [-0.3, -0.25) is 4.79 Å². The molecule has 0 amide bonds. The van der Waals surface area contributed by atoms with Crippen molar-refractivity contribution in [1.29, 1.82) is 0 Å². The zero-order valence-electron chi connectivity index (χ0n) is 8.04. The first-order chi connectivity index (χ1) is 6.60. The van der Waals surface area contributed by atoms with Crippen LogP contribution in [0.3, 0.4) is 0 Å². The maximum absolute atomic E-state index is 11.3. The first-order valence-corrected chi connectivity index (χ1v) is 4.93. The van der Waals surface area contributed by atoms with Crippen molar-refractivity contribution < 1.29 is 13.9 Å². The Balaban J connectivity index is 3.00. The number of hydrogen-bond donors (Lipinski definition) is 1. The molecule has 5 heteroatoms. The molecule has 1 rings (SSSR count). The maximum Gasteiger partial charge on any atom is 0.317 e. The van der Waals surface area contributed by atoms with Crippen LogP contribution in [0.2, 0.25) is 0 Å². The molecule has 1 unspecified atom stereocenters.